The first kappa shape index (κ1) is 13.8. The zero-order valence-electron chi connectivity index (χ0n) is 9.11. The summed E-state index contributed by atoms with van der Waals surface area (Å²) in [4.78, 5) is 0. The van der Waals surface area contributed by atoms with Crippen LogP contribution in [0.4, 0.5) is 0 Å². The van der Waals surface area contributed by atoms with E-state index in [1.54, 1.807) is 24.3 Å². The van der Waals surface area contributed by atoms with E-state index in [0.29, 0.717) is 0 Å². The van der Waals surface area contributed by atoms with E-state index in [1.807, 2.05) is 30.3 Å². The van der Waals surface area contributed by atoms with Crippen LogP contribution < -0.4 is 0 Å². The fraction of sp³-hybridized carbons (Fsp3) is 0. The topological polar surface area (TPSA) is 20.2 Å². The van der Waals surface area contributed by atoms with Crippen molar-refractivity contribution in [3.8, 4) is 5.75 Å². The highest BCUT2D eigenvalue weighted by Gasteiger charge is 1.90. The second-order valence-electron chi connectivity index (χ2n) is 3.18. The fourth-order valence-electron chi connectivity index (χ4n) is 1.09. The summed E-state index contributed by atoms with van der Waals surface area (Å²) in [5.41, 5.74) is 0.985. The van der Waals surface area contributed by atoms with Crippen molar-refractivity contribution in [2.24, 2.45) is 0 Å². The normalized spacial score (nSPS) is 9.06. The average Bonchev–Trinajstić information content (AvgIpc) is 2.34. The number of rotatable bonds is 1. The van der Waals surface area contributed by atoms with E-state index >= 15 is 0 Å². The van der Waals surface area contributed by atoms with Gasteiger partial charge in [-0.3, -0.25) is 0 Å². The van der Waals surface area contributed by atoms with Gasteiger partial charge >= 0.3 is 0 Å². The van der Waals surface area contributed by atoms with Crippen LogP contribution in [-0.2, 0) is 0 Å². The molecule has 1 N–H and O–H groups in total. The highest BCUT2D eigenvalue weighted by molar-refractivity contribution is 9.10. The molecule has 0 heterocycles. The second kappa shape index (κ2) is 7.15. The molecule has 0 aromatic heterocycles. The molecule has 0 saturated heterocycles. The van der Waals surface area contributed by atoms with E-state index in [-0.39, 0.29) is 5.75 Å². The van der Waals surface area contributed by atoms with Gasteiger partial charge in [-0.15, -0.1) is 0 Å². The minimum Gasteiger partial charge on any atom is -0.507 e. The molecule has 2 aromatic carbocycles. The number of hydrogen-bond acceptors (Lipinski definition) is 1. The Morgan fingerprint density at radius 2 is 1.65 bits per heavy atom. The summed E-state index contributed by atoms with van der Waals surface area (Å²) in [6.45, 7) is 3.61. The van der Waals surface area contributed by atoms with E-state index in [1.165, 1.54) is 0 Å². The predicted octanol–water partition coefficient (Wildman–Crippen LogP) is 5.14. The van der Waals surface area contributed by atoms with Crippen LogP contribution >= 0.6 is 27.5 Å². The number of para-hydroxylation sites is 1. The number of phenols is 1. The molecule has 0 aliphatic carbocycles. The van der Waals surface area contributed by atoms with Crippen LogP contribution in [0.2, 0.25) is 5.02 Å². The minimum atomic E-state index is 0.285. The number of hydrogen-bond donors (Lipinski definition) is 1. The van der Waals surface area contributed by atoms with Gasteiger partial charge in [0.1, 0.15) is 5.75 Å². The Hall–Kier alpha value is -1.25. The first-order valence-corrected chi connectivity index (χ1v) is 6.12. The van der Waals surface area contributed by atoms with Crippen LogP contribution in [0.25, 0.3) is 6.08 Å². The number of aromatic hydroxyl groups is 1. The summed E-state index contributed by atoms with van der Waals surface area (Å²) in [5.74, 6) is 0.285. The monoisotopic (exact) mass is 310 g/mol. The van der Waals surface area contributed by atoms with Crippen LogP contribution in [-0.4, -0.2) is 5.11 Å². The van der Waals surface area contributed by atoms with Gasteiger partial charge in [-0.25, -0.2) is 0 Å². The molecule has 17 heavy (non-hydrogen) atoms. The third-order valence-electron chi connectivity index (χ3n) is 1.98. The third kappa shape index (κ3) is 4.63. The Kier molecular flexibility index (Phi) is 5.81. The van der Waals surface area contributed by atoms with Gasteiger partial charge < -0.3 is 5.11 Å². The Labute approximate surface area is 114 Å². The lowest BCUT2D eigenvalue weighted by Gasteiger charge is -1.92. The van der Waals surface area contributed by atoms with Crippen molar-refractivity contribution in [1.29, 1.82) is 0 Å². The Bertz CT molecular complexity index is 476. The van der Waals surface area contributed by atoms with Crippen molar-refractivity contribution in [2.45, 2.75) is 0 Å². The summed E-state index contributed by atoms with van der Waals surface area (Å²) < 4.78 is 0.736. The molecule has 2 rings (SSSR count). The Morgan fingerprint density at radius 3 is 2.06 bits per heavy atom. The van der Waals surface area contributed by atoms with Gasteiger partial charge in [-0.05, 0) is 39.7 Å². The van der Waals surface area contributed by atoms with Crippen LogP contribution in [0, 0.1) is 0 Å². The minimum absolute atomic E-state index is 0.285. The molecule has 2 aromatic rings. The summed E-state index contributed by atoms with van der Waals surface area (Å²) >= 11 is 8.90. The molecule has 0 amide bonds. The van der Waals surface area contributed by atoms with E-state index in [9.17, 15) is 0 Å². The van der Waals surface area contributed by atoms with Crippen molar-refractivity contribution >= 4 is 33.6 Å². The van der Waals surface area contributed by atoms with Crippen molar-refractivity contribution in [3.05, 3.63) is 70.2 Å². The molecule has 0 unspecified atom stereocenters. The van der Waals surface area contributed by atoms with Gasteiger partial charge in [0.05, 0.1) is 4.47 Å². The molecule has 3 heteroatoms. The summed E-state index contributed by atoms with van der Waals surface area (Å²) in [5, 5.41) is 9.63. The standard InChI is InChI=1S/C8H7Cl.C6H5BrO/c1-2-7-5-3-4-6-8(7)9;7-5-3-1-2-4-6(5)8/h2-6H,1H2;1-4,8H. The van der Waals surface area contributed by atoms with Crippen LogP contribution in [0.15, 0.2) is 59.6 Å². The smallest absolute Gasteiger partial charge is 0.129 e. The predicted molar refractivity (Wildman–Crippen MR) is 77.3 cm³/mol. The van der Waals surface area contributed by atoms with Gasteiger partial charge in [-0.2, -0.15) is 0 Å². The lowest BCUT2D eigenvalue weighted by molar-refractivity contribution is 0.472. The molecule has 0 saturated carbocycles. The molecule has 0 fully saturated rings. The summed E-state index contributed by atoms with van der Waals surface area (Å²) in [7, 11) is 0. The summed E-state index contributed by atoms with van der Waals surface area (Å²) in [6, 6.07) is 14.6. The van der Waals surface area contributed by atoms with Crippen LogP contribution in [0.1, 0.15) is 5.56 Å². The zero-order valence-corrected chi connectivity index (χ0v) is 11.4. The van der Waals surface area contributed by atoms with Gasteiger partial charge in [0.25, 0.3) is 0 Å². The fourth-order valence-corrected chi connectivity index (χ4v) is 1.59. The zero-order chi connectivity index (χ0) is 12.7. The lowest BCUT2D eigenvalue weighted by Crippen LogP contribution is -1.69. The highest BCUT2D eigenvalue weighted by Crippen LogP contribution is 2.21. The molecule has 0 spiro atoms. The van der Waals surface area contributed by atoms with Gasteiger partial charge in [0.15, 0.2) is 0 Å². The molecule has 0 bridgehead atoms. The molecule has 0 atom stereocenters. The number of benzene rings is 2. The third-order valence-corrected chi connectivity index (χ3v) is 2.99. The molecule has 1 nitrogen and oxygen atoms in total. The molecule has 88 valence electrons. The maximum absolute atomic E-state index is 8.87. The quantitative estimate of drug-likeness (QED) is 0.773. The van der Waals surface area contributed by atoms with Gasteiger partial charge in [0.2, 0.25) is 0 Å². The van der Waals surface area contributed by atoms with Gasteiger partial charge in [-0.1, -0.05) is 54.6 Å². The molecule has 0 radical (unpaired) electrons. The van der Waals surface area contributed by atoms with Crippen molar-refractivity contribution in [3.63, 3.8) is 0 Å². The Morgan fingerprint density at radius 1 is 1.06 bits per heavy atom. The maximum Gasteiger partial charge on any atom is 0.129 e. The lowest BCUT2D eigenvalue weighted by atomic mass is 10.2. The number of phenolic OH excluding ortho intramolecular Hbond substituents is 1. The average molecular weight is 312 g/mol. The molecular weight excluding hydrogens is 300 g/mol. The Balaban J connectivity index is 0.000000171. The van der Waals surface area contributed by atoms with E-state index < -0.39 is 0 Å². The van der Waals surface area contributed by atoms with Gasteiger partial charge in [0, 0.05) is 5.02 Å². The molecular formula is C14H12BrClO. The molecule has 0 aliphatic rings. The van der Waals surface area contributed by atoms with Crippen LogP contribution in [0.5, 0.6) is 5.75 Å². The number of halogens is 2. The van der Waals surface area contributed by atoms with E-state index in [0.717, 1.165) is 15.1 Å². The second-order valence-corrected chi connectivity index (χ2v) is 4.44. The highest BCUT2D eigenvalue weighted by atomic mass is 79.9. The largest absolute Gasteiger partial charge is 0.507 e. The van der Waals surface area contributed by atoms with Crippen LogP contribution in [0.3, 0.4) is 0 Å². The van der Waals surface area contributed by atoms with E-state index in [2.05, 4.69) is 22.5 Å². The van der Waals surface area contributed by atoms with Crippen molar-refractivity contribution < 1.29 is 5.11 Å². The molecule has 0 aliphatic heterocycles. The summed E-state index contributed by atoms with van der Waals surface area (Å²) in [6.07, 6.45) is 1.74. The first-order valence-electron chi connectivity index (χ1n) is 4.95. The first-order chi connectivity index (χ1) is 8.15. The van der Waals surface area contributed by atoms with Crippen molar-refractivity contribution in [1.82, 2.24) is 0 Å². The SMILES string of the molecule is C=Cc1ccccc1Cl.Oc1ccccc1Br. The maximum atomic E-state index is 8.87. The van der Waals surface area contributed by atoms with Crippen molar-refractivity contribution in [2.75, 3.05) is 0 Å². The van der Waals surface area contributed by atoms with E-state index in [4.69, 9.17) is 16.7 Å².